The molecule has 4 heteroatoms. The molecule has 0 saturated carbocycles. The van der Waals surface area contributed by atoms with E-state index in [0.717, 1.165) is 42.8 Å². The topological polar surface area (TPSA) is 58.7 Å². The Morgan fingerprint density at radius 1 is 1.32 bits per heavy atom. The third kappa shape index (κ3) is 4.40. The van der Waals surface area contributed by atoms with Crippen molar-refractivity contribution in [2.24, 2.45) is 5.73 Å². The van der Waals surface area contributed by atoms with Crippen molar-refractivity contribution < 1.29 is 9.84 Å². The first-order valence-electron chi connectivity index (χ1n) is 6.86. The fourth-order valence-electron chi connectivity index (χ4n) is 2.26. The van der Waals surface area contributed by atoms with Gasteiger partial charge in [0.15, 0.2) is 0 Å². The molecule has 0 aromatic heterocycles. The van der Waals surface area contributed by atoms with Crippen LogP contribution in [-0.2, 0) is 0 Å². The molecule has 4 nitrogen and oxygen atoms in total. The Bertz CT molecular complexity index is 380. The summed E-state index contributed by atoms with van der Waals surface area (Å²) in [6.07, 6.45) is 2.97. The van der Waals surface area contributed by atoms with E-state index < -0.39 is 0 Å². The molecular weight excluding hydrogens is 240 g/mol. The number of ether oxygens (including phenoxy) is 1. The maximum absolute atomic E-state index is 8.79. The van der Waals surface area contributed by atoms with Crippen molar-refractivity contribution in [3.05, 3.63) is 23.8 Å². The highest BCUT2D eigenvalue weighted by molar-refractivity contribution is 5.60. The second-order valence-corrected chi connectivity index (χ2v) is 4.89. The summed E-state index contributed by atoms with van der Waals surface area (Å²) in [5.41, 5.74) is 8.24. The molecule has 0 radical (unpaired) electrons. The quantitative estimate of drug-likeness (QED) is 0.709. The first-order valence-corrected chi connectivity index (χ1v) is 6.86. The number of anilines is 1. The van der Waals surface area contributed by atoms with Gasteiger partial charge in [0, 0.05) is 37.5 Å². The number of nitrogens with zero attached hydrogens (tertiary/aromatic N) is 1. The summed E-state index contributed by atoms with van der Waals surface area (Å²) in [4.78, 5) is 2.21. The van der Waals surface area contributed by atoms with Gasteiger partial charge >= 0.3 is 0 Å². The number of aliphatic hydroxyl groups excluding tert-OH is 1. The van der Waals surface area contributed by atoms with E-state index in [0.29, 0.717) is 0 Å². The summed E-state index contributed by atoms with van der Waals surface area (Å²) in [5.74, 6) is 0.842. The number of rotatable bonds is 8. The number of nitrogens with two attached hydrogens (primary N) is 1. The predicted octanol–water partition coefficient (Wildman–Crippen LogP) is 2.31. The number of aliphatic hydroxyl groups is 1. The summed E-state index contributed by atoms with van der Waals surface area (Å²) >= 11 is 0. The van der Waals surface area contributed by atoms with Gasteiger partial charge in [-0.3, -0.25) is 0 Å². The number of unbranched alkanes of at least 4 members (excludes halogenated alkanes) is 2. The van der Waals surface area contributed by atoms with Crippen LogP contribution in [0.1, 0.15) is 37.8 Å². The zero-order valence-electron chi connectivity index (χ0n) is 12.2. The minimum Gasteiger partial charge on any atom is -0.496 e. The zero-order valence-corrected chi connectivity index (χ0v) is 12.2. The van der Waals surface area contributed by atoms with Crippen LogP contribution < -0.4 is 15.4 Å². The highest BCUT2D eigenvalue weighted by Gasteiger charge is 2.15. The molecule has 0 bridgehead atoms. The maximum atomic E-state index is 8.79. The number of hydrogen-bond donors (Lipinski definition) is 2. The second-order valence-electron chi connectivity index (χ2n) is 4.89. The lowest BCUT2D eigenvalue weighted by Crippen LogP contribution is -2.22. The Hall–Kier alpha value is -1.26. The van der Waals surface area contributed by atoms with Crippen LogP contribution in [0.15, 0.2) is 18.2 Å². The van der Waals surface area contributed by atoms with E-state index in [1.165, 1.54) is 0 Å². The van der Waals surface area contributed by atoms with Crippen LogP contribution in [0.3, 0.4) is 0 Å². The van der Waals surface area contributed by atoms with Crippen molar-refractivity contribution in [3.8, 4) is 5.75 Å². The van der Waals surface area contributed by atoms with E-state index in [2.05, 4.69) is 18.0 Å². The molecule has 0 aliphatic rings. The normalized spacial score (nSPS) is 12.3. The van der Waals surface area contributed by atoms with E-state index >= 15 is 0 Å². The molecule has 1 aromatic rings. The summed E-state index contributed by atoms with van der Waals surface area (Å²) in [6, 6.07) is 5.95. The molecule has 3 N–H and O–H groups in total. The van der Waals surface area contributed by atoms with E-state index in [9.17, 15) is 0 Å². The van der Waals surface area contributed by atoms with Crippen molar-refractivity contribution >= 4 is 5.69 Å². The van der Waals surface area contributed by atoms with Crippen LogP contribution in [0.5, 0.6) is 5.75 Å². The molecule has 0 aliphatic carbocycles. The van der Waals surface area contributed by atoms with Gasteiger partial charge < -0.3 is 20.5 Å². The molecule has 1 rings (SSSR count). The molecule has 0 amide bonds. The van der Waals surface area contributed by atoms with Gasteiger partial charge in [-0.25, -0.2) is 0 Å². The van der Waals surface area contributed by atoms with Gasteiger partial charge in [-0.05, 0) is 38.3 Å². The van der Waals surface area contributed by atoms with Crippen LogP contribution in [0.2, 0.25) is 0 Å². The molecule has 1 atom stereocenters. The average molecular weight is 266 g/mol. The fraction of sp³-hybridized carbons (Fsp3) is 0.600. The highest BCUT2D eigenvalue weighted by atomic mass is 16.5. The smallest absolute Gasteiger partial charge is 0.125 e. The van der Waals surface area contributed by atoms with Crippen LogP contribution in [0, 0.1) is 0 Å². The van der Waals surface area contributed by atoms with Crippen LogP contribution in [-0.4, -0.2) is 32.4 Å². The molecule has 0 heterocycles. The zero-order chi connectivity index (χ0) is 14.3. The molecule has 1 aromatic carbocycles. The largest absolute Gasteiger partial charge is 0.496 e. The Morgan fingerprint density at radius 3 is 2.63 bits per heavy atom. The molecule has 19 heavy (non-hydrogen) atoms. The van der Waals surface area contributed by atoms with Crippen LogP contribution >= 0.6 is 0 Å². The van der Waals surface area contributed by atoms with Gasteiger partial charge in [0.2, 0.25) is 0 Å². The first kappa shape index (κ1) is 15.8. The molecule has 0 fully saturated rings. The Labute approximate surface area is 116 Å². The lowest BCUT2D eigenvalue weighted by Gasteiger charge is -2.25. The minimum absolute atomic E-state index is 0.0639. The molecular formula is C15H26N2O2. The van der Waals surface area contributed by atoms with Crippen LogP contribution in [0.4, 0.5) is 5.69 Å². The van der Waals surface area contributed by atoms with Crippen molar-refractivity contribution in [2.45, 2.75) is 32.2 Å². The van der Waals surface area contributed by atoms with E-state index in [1.54, 1.807) is 7.11 Å². The Morgan fingerprint density at radius 2 is 2.05 bits per heavy atom. The Balaban J connectivity index is 2.80. The standard InChI is InChI=1S/C15H26N2O2/c1-12(16)15-13(8-7-9-14(15)19-3)17(2)10-5-4-6-11-18/h7-9,12,18H,4-6,10-11,16H2,1-3H3/t12-/m1/s1. The average Bonchev–Trinajstić information content (AvgIpc) is 2.42. The highest BCUT2D eigenvalue weighted by Crippen LogP contribution is 2.33. The third-order valence-corrected chi connectivity index (χ3v) is 3.28. The number of benzene rings is 1. The van der Waals surface area contributed by atoms with Crippen molar-refractivity contribution in [2.75, 3.05) is 32.2 Å². The van der Waals surface area contributed by atoms with E-state index in [-0.39, 0.29) is 12.6 Å². The fourth-order valence-corrected chi connectivity index (χ4v) is 2.26. The predicted molar refractivity (Wildman–Crippen MR) is 79.8 cm³/mol. The lowest BCUT2D eigenvalue weighted by atomic mass is 10.0. The summed E-state index contributed by atoms with van der Waals surface area (Å²) in [5, 5.41) is 8.79. The lowest BCUT2D eigenvalue weighted by molar-refractivity contribution is 0.283. The second kappa shape index (κ2) is 8.02. The van der Waals surface area contributed by atoms with Gasteiger partial charge in [0.05, 0.1) is 7.11 Å². The van der Waals surface area contributed by atoms with Gasteiger partial charge in [0.1, 0.15) is 5.75 Å². The Kier molecular flexibility index (Phi) is 6.67. The van der Waals surface area contributed by atoms with Gasteiger partial charge in [-0.15, -0.1) is 0 Å². The van der Waals surface area contributed by atoms with Crippen molar-refractivity contribution in [3.63, 3.8) is 0 Å². The SMILES string of the molecule is COc1cccc(N(C)CCCCCO)c1[C@@H](C)N. The first-order chi connectivity index (χ1) is 9.11. The monoisotopic (exact) mass is 266 g/mol. The van der Waals surface area contributed by atoms with E-state index in [1.807, 2.05) is 19.1 Å². The summed E-state index contributed by atoms with van der Waals surface area (Å²) < 4.78 is 5.40. The summed E-state index contributed by atoms with van der Waals surface area (Å²) in [7, 11) is 3.74. The van der Waals surface area contributed by atoms with Crippen molar-refractivity contribution in [1.82, 2.24) is 0 Å². The molecule has 0 unspecified atom stereocenters. The third-order valence-electron chi connectivity index (χ3n) is 3.28. The molecule has 0 saturated heterocycles. The molecule has 108 valence electrons. The number of hydrogen-bond acceptors (Lipinski definition) is 4. The van der Waals surface area contributed by atoms with Gasteiger partial charge in [0.25, 0.3) is 0 Å². The molecule has 0 spiro atoms. The number of methoxy groups -OCH3 is 1. The van der Waals surface area contributed by atoms with Crippen LogP contribution in [0.25, 0.3) is 0 Å². The van der Waals surface area contributed by atoms with E-state index in [4.69, 9.17) is 15.6 Å². The maximum Gasteiger partial charge on any atom is 0.125 e. The van der Waals surface area contributed by atoms with Gasteiger partial charge in [-0.1, -0.05) is 6.07 Å². The van der Waals surface area contributed by atoms with Crippen molar-refractivity contribution in [1.29, 1.82) is 0 Å². The summed E-state index contributed by atoms with van der Waals surface area (Å²) in [6.45, 7) is 3.20. The van der Waals surface area contributed by atoms with Gasteiger partial charge in [-0.2, -0.15) is 0 Å². The molecule has 0 aliphatic heterocycles. The minimum atomic E-state index is -0.0639.